The number of rotatable bonds is 1. The molecule has 1 saturated heterocycles. The first-order chi connectivity index (χ1) is 5.11. The molecular formula is C9H20N2. The highest BCUT2D eigenvalue weighted by Gasteiger charge is 2.24. The van der Waals surface area contributed by atoms with Crippen LogP contribution in [0.5, 0.6) is 0 Å². The van der Waals surface area contributed by atoms with Gasteiger partial charge in [-0.05, 0) is 20.0 Å². The highest BCUT2D eigenvalue weighted by atomic mass is 15.3. The maximum atomic E-state index is 2.48. The monoisotopic (exact) mass is 156 g/mol. The summed E-state index contributed by atoms with van der Waals surface area (Å²) in [5.41, 5.74) is 0. The Balaban J connectivity index is 2.47. The Morgan fingerprint density at radius 3 is 2.27 bits per heavy atom. The molecule has 0 radical (unpaired) electrons. The van der Waals surface area contributed by atoms with E-state index in [1.165, 1.54) is 19.6 Å². The molecule has 1 fully saturated rings. The van der Waals surface area contributed by atoms with Crippen molar-refractivity contribution >= 4 is 0 Å². The molecule has 11 heavy (non-hydrogen) atoms. The largest absolute Gasteiger partial charge is 0.304 e. The third-order valence-corrected chi connectivity index (χ3v) is 2.67. The summed E-state index contributed by atoms with van der Waals surface area (Å²) in [4.78, 5) is 4.90. The van der Waals surface area contributed by atoms with E-state index >= 15 is 0 Å². The van der Waals surface area contributed by atoms with Crippen LogP contribution in [-0.2, 0) is 0 Å². The van der Waals surface area contributed by atoms with E-state index in [-0.39, 0.29) is 0 Å². The van der Waals surface area contributed by atoms with E-state index in [4.69, 9.17) is 0 Å². The van der Waals surface area contributed by atoms with Crippen LogP contribution < -0.4 is 0 Å². The van der Waals surface area contributed by atoms with E-state index in [0.29, 0.717) is 0 Å². The molecule has 0 aromatic heterocycles. The fourth-order valence-electron chi connectivity index (χ4n) is 1.76. The minimum atomic E-state index is 0.758. The minimum Gasteiger partial charge on any atom is -0.304 e. The molecule has 2 nitrogen and oxygen atoms in total. The van der Waals surface area contributed by atoms with Crippen LogP contribution in [0, 0.1) is 5.92 Å². The first kappa shape index (κ1) is 9.01. The van der Waals surface area contributed by atoms with Crippen LogP contribution >= 0.6 is 0 Å². The Labute approximate surface area is 70.2 Å². The van der Waals surface area contributed by atoms with E-state index < -0.39 is 0 Å². The maximum Gasteiger partial charge on any atom is 0.0243 e. The Morgan fingerprint density at radius 1 is 1.18 bits per heavy atom. The normalized spacial score (nSPS) is 29.7. The molecule has 0 saturated carbocycles. The number of likely N-dealkylation sites (N-methyl/N-ethyl adjacent to an activating group) is 2. The number of hydrogen-bond donors (Lipinski definition) is 0. The second-order valence-electron chi connectivity index (χ2n) is 4.05. The van der Waals surface area contributed by atoms with Crippen LogP contribution in [0.1, 0.15) is 13.8 Å². The lowest BCUT2D eigenvalue weighted by Gasteiger charge is -2.39. The summed E-state index contributed by atoms with van der Waals surface area (Å²) in [7, 11) is 4.44. The summed E-state index contributed by atoms with van der Waals surface area (Å²) < 4.78 is 0. The van der Waals surface area contributed by atoms with E-state index in [1.807, 2.05) is 0 Å². The van der Waals surface area contributed by atoms with Gasteiger partial charge in [0, 0.05) is 25.7 Å². The highest BCUT2D eigenvalue weighted by Crippen LogP contribution is 2.13. The molecule has 0 spiro atoms. The zero-order chi connectivity index (χ0) is 8.43. The zero-order valence-corrected chi connectivity index (χ0v) is 8.17. The van der Waals surface area contributed by atoms with Crippen LogP contribution in [0.25, 0.3) is 0 Å². The third-order valence-electron chi connectivity index (χ3n) is 2.67. The minimum absolute atomic E-state index is 0.758. The Morgan fingerprint density at radius 2 is 1.82 bits per heavy atom. The number of nitrogens with zero attached hydrogens (tertiary/aromatic N) is 2. The van der Waals surface area contributed by atoms with Crippen molar-refractivity contribution in [2.75, 3.05) is 33.7 Å². The highest BCUT2D eigenvalue weighted by molar-refractivity contribution is 4.80. The quantitative estimate of drug-likeness (QED) is 0.556. The van der Waals surface area contributed by atoms with Crippen LogP contribution in [0.3, 0.4) is 0 Å². The van der Waals surface area contributed by atoms with Crippen molar-refractivity contribution in [3.8, 4) is 0 Å². The van der Waals surface area contributed by atoms with Gasteiger partial charge in [-0.1, -0.05) is 13.8 Å². The molecule has 1 atom stereocenters. The second-order valence-corrected chi connectivity index (χ2v) is 4.05. The first-order valence-electron chi connectivity index (χ1n) is 4.50. The van der Waals surface area contributed by atoms with Crippen molar-refractivity contribution in [3.63, 3.8) is 0 Å². The van der Waals surface area contributed by atoms with Gasteiger partial charge in [0.25, 0.3) is 0 Å². The van der Waals surface area contributed by atoms with Gasteiger partial charge in [0.1, 0.15) is 0 Å². The van der Waals surface area contributed by atoms with Crippen LogP contribution in [-0.4, -0.2) is 49.6 Å². The number of piperazine rings is 1. The molecule has 1 aliphatic heterocycles. The van der Waals surface area contributed by atoms with E-state index in [9.17, 15) is 0 Å². The lowest BCUT2D eigenvalue weighted by Crippen LogP contribution is -2.52. The molecule has 1 aliphatic rings. The SMILES string of the molecule is CC(C)[C@@H]1CN(C)CCN1C. The van der Waals surface area contributed by atoms with Gasteiger partial charge in [-0.2, -0.15) is 0 Å². The van der Waals surface area contributed by atoms with Gasteiger partial charge in [-0.15, -0.1) is 0 Å². The van der Waals surface area contributed by atoms with Gasteiger partial charge < -0.3 is 9.80 Å². The van der Waals surface area contributed by atoms with E-state index in [0.717, 1.165) is 12.0 Å². The van der Waals surface area contributed by atoms with Crippen LogP contribution in [0.4, 0.5) is 0 Å². The van der Waals surface area contributed by atoms with Gasteiger partial charge in [0.15, 0.2) is 0 Å². The Bertz CT molecular complexity index is 123. The molecule has 2 heteroatoms. The molecule has 1 rings (SSSR count). The molecule has 0 aromatic carbocycles. The van der Waals surface area contributed by atoms with Gasteiger partial charge in [-0.3, -0.25) is 0 Å². The van der Waals surface area contributed by atoms with Crippen molar-refractivity contribution in [1.29, 1.82) is 0 Å². The molecule has 0 bridgehead atoms. The standard InChI is InChI=1S/C9H20N2/c1-8(2)9-7-10(3)5-6-11(9)4/h8-9H,5-7H2,1-4H3/t9-/m0/s1. The molecule has 1 heterocycles. The molecule has 0 aliphatic carbocycles. The van der Waals surface area contributed by atoms with Gasteiger partial charge in [0.05, 0.1) is 0 Å². The summed E-state index contributed by atoms with van der Waals surface area (Å²) >= 11 is 0. The predicted octanol–water partition coefficient (Wildman–Crippen LogP) is 0.888. The van der Waals surface area contributed by atoms with E-state index in [2.05, 4.69) is 37.7 Å². The average molecular weight is 156 g/mol. The molecule has 0 amide bonds. The van der Waals surface area contributed by atoms with Gasteiger partial charge >= 0.3 is 0 Å². The van der Waals surface area contributed by atoms with Gasteiger partial charge in [-0.25, -0.2) is 0 Å². The Kier molecular flexibility index (Phi) is 2.90. The smallest absolute Gasteiger partial charge is 0.0243 e. The lowest BCUT2D eigenvalue weighted by molar-refractivity contribution is 0.0857. The third kappa shape index (κ3) is 2.17. The van der Waals surface area contributed by atoms with Crippen molar-refractivity contribution < 1.29 is 0 Å². The van der Waals surface area contributed by atoms with Crippen molar-refractivity contribution in [2.45, 2.75) is 19.9 Å². The summed E-state index contributed by atoms with van der Waals surface area (Å²) in [5.74, 6) is 0.780. The first-order valence-corrected chi connectivity index (χ1v) is 4.50. The maximum absolute atomic E-state index is 2.48. The van der Waals surface area contributed by atoms with Gasteiger partial charge in [0.2, 0.25) is 0 Å². The number of hydrogen-bond acceptors (Lipinski definition) is 2. The molecule has 0 aromatic rings. The lowest BCUT2D eigenvalue weighted by atomic mass is 10.0. The fourth-order valence-corrected chi connectivity index (χ4v) is 1.76. The summed E-state index contributed by atoms with van der Waals surface area (Å²) in [6, 6.07) is 0.758. The Hall–Kier alpha value is -0.0800. The molecule has 0 unspecified atom stereocenters. The van der Waals surface area contributed by atoms with Crippen LogP contribution in [0.2, 0.25) is 0 Å². The van der Waals surface area contributed by atoms with Crippen molar-refractivity contribution in [1.82, 2.24) is 9.80 Å². The zero-order valence-electron chi connectivity index (χ0n) is 8.17. The average Bonchev–Trinajstić information content (AvgIpc) is 1.94. The molecular weight excluding hydrogens is 136 g/mol. The molecule has 66 valence electrons. The predicted molar refractivity (Wildman–Crippen MR) is 48.8 cm³/mol. The summed E-state index contributed by atoms with van der Waals surface area (Å²) in [6.07, 6.45) is 0. The molecule has 0 N–H and O–H groups in total. The van der Waals surface area contributed by atoms with Crippen LogP contribution in [0.15, 0.2) is 0 Å². The second kappa shape index (κ2) is 3.55. The van der Waals surface area contributed by atoms with Crippen molar-refractivity contribution in [3.05, 3.63) is 0 Å². The van der Waals surface area contributed by atoms with E-state index in [1.54, 1.807) is 0 Å². The summed E-state index contributed by atoms with van der Waals surface area (Å²) in [6.45, 7) is 8.29. The topological polar surface area (TPSA) is 6.48 Å². The summed E-state index contributed by atoms with van der Waals surface area (Å²) in [5, 5.41) is 0. The van der Waals surface area contributed by atoms with Crippen molar-refractivity contribution in [2.24, 2.45) is 5.92 Å². The fraction of sp³-hybridized carbons (Fsp3) is 1.00.